The van der Waals surface area contributed by atoms with Crippen molar-refractivity contribution in [1.82, 2.24) is 15.5 Å². The molecule has 3 N–H and O–H groups in total. The first kappa shape index (κ1) is 12.9. The smallest absolute Gasteiger partial charge is 0.407 e. The van der Waals surface area contributed by atoms with E-state index in [-0.39, 0.29) is 12.2 Å². The largest absolute Gasteiger partial charge is 0.445 e. The molecule has 2 aromatic rings. The molecule has 100 valence electrons. The first-order valence-corrected chi connectivity index (χ1v) is 5.95. The van der Waals surface area contributed by atoms with Crippen LogP contribution >= 0.6 is 0 Å². The van der Waals surface area contributed by atoms with Crippen molar-refractivity contribution in [3.05, 3.63) is 58.0 Å². The van der Waals surface area contributed by atoms with Gasteiger partial charge in [0.05, 0.1) is 0 Å². The van der Waals surface area contributed by atoms with Crippen LogP contribution in [0.4, 0.5) is 4.79 Å². The highest BCUT2D eigenvalue weighted by atomic mass is 16.5. The fraction of sp³-hybridized carbons (Fsp3) is 0.231. The van der Waals surface area contributed by atoms with Crippen molar-refractivity contribution >= 4 is 6.09 Å². The van der Waals surface area contributed by atoms with E-state index in [2.05, 4.69) is 15.5 Å². The van der Waals surface area contributed by atoms with Gasteiger partial charge in [0.25, 0.3) is 5.56 Å². The number of rotatable bonds is 5. The molecule has 0 aliphatic carbocycles. The molecule has 0 radical (unpaired) electrons. The Labute approximate surface area is 109 Å². The minimum atomic E-state index is -0.490. The van der Waals surface area contributed by atoms with Gasteiger partial charge in [-0.1, -0.05) is 30.3 Å². The molecular formula is C13H15N3O3. The number of benzene rings is 1. The topological polar surface area (TPSA) is 87.0 Å². The van der Waals surface area contributed by atoms with Gasteiger partial charge in [-0.25, -0.2) is 4.79 Å². The first-order chi connectivity index (χ1) is 9.25. The highest BCUT2D eigenvalue weighted by molar-refractivity contribution is 5.67. The molecule has 0 aliphatic rings. The molecule has 6 heteroatoms. The van der Waals surface area contributed by atoms with Crippen molar-refractivity contribution in [3.63, 3.8) is 0 Å². The summed E-state index contributed by atoms with van der Waals surface area (Å²) in [6, 6.07) is 9.43. The van der Waals surface area contributed by atoms with Gasteiger partial charge in [0.1, 0.15) is 6.61 Å². The number of aromatic amines is 2. The Morgan fingerprint density at radius 3 is 2.74 bits per heavy atom. The molecule has 6 nitrogen and oxygen atoms in total. The lowest BCUT2D eigenvalue weighted by Gasteiger charge is -2.06. The van der Waals surface area contributed by atoms with Crippen LogP contribution in [0.1, 0.15) is 11.1 Å². The minimum absolute atomic E-state index is 0.167. The Hall–Kier alpha value is -2.50. The number of hydrogen-bond donors (Lipinski definition) is 3. The number of nitrogens with one attached hydrogen (secondary N) is 3. The predicted molar refractivity (Wildman–Crippen MR) is 69.7 cm³/mol. The number of alkyl carbamates (subject to hydrolysis) is 1. The van der Waals surface area contributed by atoms with Crippen LogP contribution in [-0.4, -0.2) is 22.8 Å². The molecule has 1 amide bonds. The summed E-state index contributed by atoms with van der Waals surface area (Å²) >= 11 is 0. The summed E-state index contributed by atoms with van der Waals surface area (Å²) in [7, 11) is 0. The van der Waals surface area contributed by atoms with Gasteiger partial charge in [-0.2, -0.15) is 0 Å². The predicted octanol–water partition coefficient (Wildman–Crippen LogP) is 1.17. The molecule has 0 saturated carbocycles. The first-order valence-electron chi connectivity index (χ1n) is 5.95. The Morgan fingerprint density at radius 2 is 2.05 bits per heavy atom. The Balaban J connectivity index is 1.68. The van der Waals surface area contributed by atoms with Crippen LogP contribution in [0.15, 0.2) is 41.3 Å². The molecule has 0 bridgehead atoms. The number of H-pyrrole nitrogens is 2. The molecule has 19 heavy (non-hydrogen) atoms. The third-order valence-electron chi connectivity index (χ3n) is 2.60. The standard InChI is InChI=1S/C13H15N3O3/c17-12-11(8-15-16-12)6-7-14-13(18)19-9-10-4-2-1-3-5-10/h1-5,8H,6-7,9H2,(H,14,18)(H2,15,16,17). The third-order valence-corrected chi connectivity index (χ3v) is 2.60. The Morgan fingerprint density at radius 1 is 1.26 bits per heavy atom. The average Bonchev–Trinajstić information content (AvgIpc) is 2.83. The van der Waals surface area contributed by atoms with Crippen molar-refractivity contribution < 1.29 is 9.53 Å². The number of ether oxygens (including phenoxy) is 1. The van der Waals surface area contributed by atoms with Gasteiger partial charge in [-0.3, -0.25) is 9.89 Å². The minimum Gasteiger partial charge on any atom is -0.445 e. The molecule has 1 heterocycles. The SMILES string of the molecule is O=C(NCCc1c[nH][nH]c1=O)OCc1ccccc1. The molecule has 1 aromatic carbocycles. The van der Waals surface area contributed by atoms with Crippen LogP contribution < -0.4 is 10.9 Å². The summed E-state index contributed by atoms with van der Waals surface area (Å²) in [5.41, 5.74) is 1.36. The quantitative estimate of drug-likeness (QED) is 0.755. The summed E-state index contributed by atoms with van der Waals surface area (Å²) in [5, 5.41) is 7.62. The number of hydrogen-bond acceptors (Lipinski definition) is 3. The molecule has 0 aliphatic heterocycles. The van der Waals surface area contributed by atoms with E-state index in [9.17, 15) is 9.59 Å². The molecule has 0 unspecified atom stereocenters. The number of carbonyl (C=O) groups excluding carboxylic acids is 1. The molecule has 0 atom stereocenters. The van der Waals surface area contributed by atoms with E-state index < -0.39 is 6.09 Å². The van der Waals surface area contributed by atoms with Crippen molar-refractivity contribution in [2.75, 3.05) is 6.54 Å². The molecule has 0 spiro atoms. The molecule has 0 saturated heterocycles. The van der Waals surface area contributed by atoms with E-state index in [0.29, 0.717) is 18.5 Å². The maximum Gasteiger partial charge on any atom is 0.407 e. The van der Waals surface area contributed by atoms with Crippen LogP contribution in [0.3, 0.4) is 0 Å². The van der Waals surface area contributed by atoms with Gasteiger partial charge in [-0.05, 0) is 12.0 Å². The summed E-state index contributed by atoms with van der Waals surface area (Å²) in [6.45, 7) is 0.589. The van der Waals surface area contributed by atoms with Crippen LogP contribution in [0, 0.1) is 0 Å². The number of aromatic nitrogens is 2. The van der Waals surface area contributed by atoms with E-state index in [4.69, 9.17) is 4.74 Å². The van der Waals surface area contributed by atoms with Gasteiger partial charge >= 0.3 is 6.09 Å². The van der Waals surface area contributed by atoms with Crippen LogP contribution in [-0.2, 0) is 17.8 Å². The average molecular weight is 261 g/mol. The third kappa shape index (κ3) is 4.02. The highest BCUT2D eigenvalue weighted by Gasteiger charge is 2.04. The fourth-order valence-electron chi connectivity index (χ4n) is 1.59. The molecule has 0 fully saturated rings. The van der Waals surface area contributed by atoms with Crippen molar-refractivity contribution in [2.45, 2.75) is 13.0 Å². The maximum atomic E-state index is 11.4. The van der Waals surface area contributed by atoms with E-state index in [0.717, 1.165) is 5.56 Å². The van der Waals surface area contributed by atoms with Gasteiger partial charge in [0, 0.05) is 18.3 Å². The maximum absolute atomic E-state index is 11.4. The van der Waals surface area contributed by atoms with E-state index in [1.54, 1.807) is 6.20 Å². The van der Waals surface area contributed by atoms with Gasteiger partial charge in [-0.15, -0.1) is 0 Å². The monoisotopic (exact) mass is 261 g/mol. The highest BCUT2D eigenvalue weighted by Crippen LogP contribution is 2.00. The molecule has 1 aromatic heterocycles. The van der Waals surface area contributed by atoms with Crippen molar-refractivity contribution in [1.29, 1.82) is 0 Å². The Kier molecular flexibility index (Phi) is 4.39. The second-order valence-electron chi connectivity index (χ2n) is 4.01. The zero-order chi connectivity index (χ0) is 13.5. The van der Waals surface area contributed by atoms with Gasteiger partial charge in [0.15, 0.2) is 0 Å². The van der Waals surface area contributed by atoms with E-state index in [1.165, 1.54) is 0 Å². The molecule has 2 rings (SSSR count). The van der Waals surface area contributed by atoms with E-state index >= 15 is 0 Å². The van der Waals surface area contributed by atoms with Crippen LogP contribution in [0.5, 0.6) is 0 Å². The zero-order valence-electron chi connectivity index (χ0n) is 10.3. The summed E-state index contributed by atoms with van der Waals surface area (Å²) in [5.74, 6) is 0. The van der Waals surface area contributed by atoms with Crippen molar-refractivity contribution in [2.24, 2.45) is 0 Å². The van der Waals surface area contributed by atoms with Gasteiger partial charge in [0.2, 0.25) is 0 Å². The van der Waals surface area contributed by atoms with Crippen LogP contribution in [0.2, 0.25) is 0 Å². The fourth-order valence-corrected chi connectivity index (χ4v) is 1.59. The van der Waals surface area contributed by atoms with Crippen molar-refractivity contribution in [3.8, 4) is 0 Å². The van der Waals surface area contributed by atoms with Gasteiger partial charge < -0.3 is 15.2 Å². The normalized spacial score (nSPS) is 10.1. The lowest BCUT2D eigenvalue weighted by atomic mass is 10.2. The molecular weight excluding hydrogens is 246 g/mol. The summed E-state index contributed by atoms with van der Waals surface area (Å²) in [4.78, 5) is 22.6. The summed E-state index contributed by atoms with van der Waals surface area (Å²) < 4.78 is 5.03. The van der Waals surface area contributed by atoms with E-state index in [1.807, 2.05) is 30.3 Å². The number of carbonyl (C=O) groups is 1. The second-order valence-corrected chi connectivity index (χ2v) is 4.01. The van der Waals surface area contributed by atoms with Crippen LogP contribution in [0.25, 0.3) is 0 Å². The Bertz CT molecular complexity index is 574. The summed E-state index contributed by atoms with van der Waals surface area (Å²) in [6.07, 6.45) is 1.55. The zero-order valence-corrected chi connectivity index (χ0v) is 10.3. The second kappa shape index (κ2) is 6.44. The lowest BCUT2D eigenvalue weighted by Crippen LogP contribution is -2.27. The number of amides is 1. The lowest BCUT2D eigenvalue weighted by molar-refractivity contribution is 0.140.